The Kier molecular flexibility index (Phi) is 5.67. The van der Waals surface area contributed by atoms with Gasteiger partial charge in [-0.15, -0.1) is 0 Å². The number of esters is 1. The smallest absolute Gasteiger partial charge is 0.339 e. The van der Waals surface area contributed by atoms with E-state index in [1.165, 1.54) is 19.2 Å². The maximum absolute atomic E-state index is 13.0. The number of hydrogen-bond acceptors (Lipinski definition) is 5. The van der Waals surface area contributed by atoms with Crippen LogP contribution in [0, 0.1) is 0 Å². The van der Waals surface area contributed by atoms with Gasteiger partial charge < -0.3 is 15.0 Å². The third kappa shape index (κ3) is 4.13. The molecule has 0 saturated carbocycles. The van der Waals surface area contributed by atoms with Crippen LogP contribution in [0.2, 0.25) is 5.02 Å². The second-order valence-corrected chi connectivity index (χ2v) is 7.30. The van der Waals surface area contributed by atoms with Crippen LogP contribution in [0.5, 0.6) is 0 Å². The Hall–Kier alpha value is -3.39. The van der Waals surface area contributed by atoms with Gasteiger partial charge in [0.05, 0.1) is 36.3 Å². The molecule has 0 saturated heterocycles. The number of ether oxygens (including phenoxy) is 1. The second kappa shape index (κ2) is 8.54. The molecule has 0 radical (unpaired) electrons. The molecule has 0 bridgehead atoms. The predicted molar refractivity (Wildman–Crippen MR) is 112 cm³/mol. The van der Waals surface area contributed by atoms with Gasteiger partial charge in [0.1, 0.15) is 0 Å². The van der Waals surface area contributed by atoms with Crippen molar-refractivity contribution in [3.63, 3.8) is 0 Å². The van der Waals surface area contributed by atoms with Crippen molar-refractivity contribution >= 4 is 29.3 Å². The minimum Gasteiger partial charge on any atom is -0.465 e. The molecule has 30 heavy (non-hydrogen) atoms. The van der Waals surface area contributed by atoms with Crippen LogP contribution in [0.3, 0.4) is 0 Å². The zero-order valence-electron chi connectivity index (χ0n) is 16.3. The van der Waals surface area contributed by atoms with Crippen LogP contribution in [-0.4, -0.2) is 45.3 Å². The number of rotatable bonds is 3. The summed E-state index contributed by atoms with van der Waals surface area (Å²) in [5.41, 5.74) is 3.32. The molecule has 0 unspecified atom stereocenters. The van der Waals surface area contributed by atoms with Gasteiger partial charge in [0, 0.05) is 36.1 Å². The van der Waals surface area contributed by atoms with Crippen molar-refractivity contribution in [3.05, 3.63) is 65.1 Å². The van der Waals surface area contributed by atoms with E-state index in [0.717, 1.165) is 29.9 Å². The van der Waals surface area contributed by atoms with Crippen molar-refractivity contribution in [2.75, 3.05) is 19.0 Å². The summed E-state index contributed by atoms with van der Waals surface area (Å²) in [6.07, 6.45) is 4.21. The van der Waals surface area contributed by atoms with Crippen LogP contribution >= 0.6 is 11.6 Å². The summed E-state index contributed by atoms with van der Waals surface area (Å²) in [6, 6.07) is 10.1. The molecule has 0 atom stereocenters. The van der Waals surface area contributed by atoms with Crippen molar-refractivity contribution in [2.24, 2.45) is 0 Å². The summed E-state index contributed by atoms with van der Waals surface area (Å²) in [5.74, 6) is -0.544. The third-order valence-electron chi connectivity index (χ3n) is 4.91. The number of benzene rings is 1. The number of nitrogens with zero attached hydrogens (tertiary/aromatic N) is 4. The lowest BCUT2D eigenvalue weighted by Gasteiger charge is -2.21. The quantitative estimate of drug-likeness (QED) is 0.644. The van der Waals surface area contributed by atoms with Gasteiger partial charge in [-0.1, -0.05) is 11.6 Å². The van der Waals surface area contributed by atoms with Crippen molar-refractivity contribution in [1.29, 1.82) is 0 Å². The van der Waals surface area contributed by atoms with E-state index in [2.05, 4.69) is 15.4 Å². The van der Waals surface area contributed by atoms with E-state index >= 15 is 0 Å². The maximum Gasteiger partial charge on any atom is 0.339 e. The molecule has 4 rings (SSSR count). The standard InChI is InChI=1S/C21H20ClN5O3/c1-30-20(28)17-4-3-15(22)11-19(17)24-21(29)26-9-2-10-27-16(13-26)12-18(25-27)14-5-7-23-8-6-14/h3-8,11-12H,2,9-10,13H2,1H3,(H,24,29). The Labute approximate surface area is 178 Å². The Bertz CT molecular complexity index is 1080. The SMILES string of the molecule is COC(=O)c1ccc(Cl)cc1NC(=O)N1CCCn2nc(-c3ccncc3)cc2C1. The molecule has 1 N–H and O–H groups in total. The van der Waals surface area contributed by atoms with Crippen LogP contribution in [-0.2, 0) is 17.8 Å². The van der Waals surface area contributed by atoms with Gasteiger partial charge in [0.25, 0.3) is 0 Å². The molecule has 1 aromatic carbocycles. The van der Waals surface area contributed by atoms with Crippen LogP contribution in [0.4, 0.5) is 10.5 Å². The molecule has 0 fully saturated rings. The van der Waals surface area contributed by atoms with E-state index in [0.29, 0.717) is 23.8 Å². The lowest BCUT2D eigenvalue weighted by molar-refractivity contribution is 0.0602. The lowest BCUT2D eigenvalue weighted by Crippen LogP contribution is -2.35. The molecule has 0 spiro atoms. The van der Waals surface area contributed by atoms with E-state index in [4.69, 9.17) is 16.3 Å². The summed E-state index contributed by atoms with van der Waals surface area (Å²) < 4.78 is 6.73. The number of methoxy groups -OCH3 is 1. The molecule has 8 nitrogen and oxygen atoms in total. The molecule has 3 aromatic rings. The number of nitrogens with one attached hydrogen (secondary N) is 1. The summed E-state index contributed by atoms with van der Waals surface area (Å²) in [7, 11) is 1.29. The first-order valence-electron chi connectivity index (χ1n) is 9.46. The molecule has 1 aliphatic heterocycles. The number of carbonyl (C=O) groups excluding carboxylic acids is 2. The highest BCUT2D eigenvalue weighted by Crippen LogP contribution is 2.24. The number of fused-ring (bicyclic) bond motifs is 1. The minimum absolute atomic E-state index is 0.245. The van der Waals surface area contributed by atoms with Crippen LogP contribution in [0.15, 0.2) is 48.8 Å². The van der Waals surface area contributed by atoms with E-state index in [9.17, 15) is 9.59 Å². The highest BCUT2D eigenvalue weighted by atomic mass is 35.5. The summed E-state index contributed by atoms with van der Waals surface area (Å²) in [4.78, 5) is 30.7. The number of amides is 2. The summed E-state index contributed by atoms with van der Waals surface area (Å²) in [5, 5.41) is 7.88. The molecule has 154 valence electrons. The lowest BCUT2D eigenvalue weighted by atomic mass is 10.2. The molecular weight excluding hydrogens is 406 g/mol. The zero-order chi connectivity index (χ0) is 21.1. The molecule has 1 aliphatic rings. The van der Waals surface area contributed by atoms with E-state index in [1.807, 2.05) is 22.9 Å². The van der Waals surface area contributed by atoms with Crippen molar-refractivity contribution in [1.82, 2.24) is 19.7 Å². The minimum atomic E-state index is -0.544. The fourth-order valence-corrected chi connectivity index (χ4v) is 3.57. The Morgan fingerprint density at radius 2 is 1.93 bits per heavy atom. The first-order valence-corrected chi connectivity index (χ1v) is 9.84. The maximum atomic E-state index is 13.0. The van der Waals surface area contributed by atoms with Gasteiger partial charge in [-0.25, -0.2) is 9.59 Å². The summed E-state index contributed by atoms with van der Waals surface area (Å²) >= 11 is 6.05. The van der Waals surface area contributed by atoms with Gasteiger partial charge in [0.15, 0.2) is 0 Å². The third-order valence-corrected chi connectivity index (χ3v) is 5.14. The number of aromatic nitrogens is 3. The van der Waals surface area contributed by atoms with Gasteiger partial charge >= 0.3 is 12.0 Å². The number of hydrogen-bond donors (Lipinski definition) is 1. The first-order chi connectivity index (χ1) is 14.5. The van der Waals surface area contributed by atoms with Gasteiger partial charge in [-0.3, -0.25) is 9.67 Å². The topological polar surface area (TPSA) is 89.4 Å². The van der Waals surface area contributed by atoms with Crippen LogP contribution in [0.1, 0.15) is 22.5 Å². The average molecular weight is 426 g/mol. The van der Waals surface area contributed by atoms with E-state index < -0.39 is 5.97 Å². The largest absolute Gasteiger partial charge is 0.465 e. The average Bonchev–Trinajstić information content (AvgIpc) is 3.05. The number of pyridine rings is 1. The molecular formula is C21H20ClN5O3. The van der Waals surface area contributed by atoms with Crippen LogP contribution < -0.4 is 5.32 Å². The molecule has 3 heterocycles. The van der Waals surface area contributed by atoms with Gasteiger partial charge in [-0.05, 0) is 42.8 Å². The number of halogens is 1. The van der Waals surface area contributed by atoms with Crippen molar-refractivity contribution < 1.29 is 14.3 Å². The fraction of sp³-hybridized carbons (Fsp3) is 0.238. The van der Waals surface area contributed by atoms with Crippen LogP contribution in [0.25, 0.3) is 11.3 Å². The summed E-state index contributed by atoms with van der Waals surface area (Å²) in [6.45, 7) is 1.68. The van der Waals surface area contributed by atoms with E-state index in [1.54, 1.807) is 23.4 Å². The monoisotopic (exact) mass is 425 g/mol. The van der Waals surface area contributed by atoms with Crippen molar-refractivity contribution in [3.8, 4) is 11.3 Å². The predicted octanol–water partition coefficient (Wildman–Crippen LogP) is 3.82. The van der Waals surface area contributed by atoms with Gasteiger partial charge in [-0.2, -0.15) is 5.10 Å². The fourth-order valence-electron chi connectivity index (χ4n) is 3.40. The number of urea groups is 1. The Morgan fingerprint density at radius 1 is 1.13 bits per heavy atom. The normalized spacial score (nSPS) is 13.3. The van der Waals surface area contributed by atoms with E-state index in [-0.39, 0.29) is 11.6 Å². The number of carbonyl (C=O) groups is 2. The molecule has 2 amide bonds. The van der Waals surface area contributed by atoms with Crippen molar-refractivity contribution in [2.45, 2.75) is 19.5 Å². The van der Waals surface area contributed by atoms with Gasteiger partial charge in [0.2, 0.25) is 0 Å². The zero-order valence-corrected chi connectivity index (χ0v) is 17.1. The first kappa shape index (κ1) is 19.9. The molecule has 0 aliphatic carbocycles. The molecule has 9 heteroatoms. The Balaban J connectivity index is 1.55. The Morgan fingerprint density at radius 3 is 2.70 bits per heavy atom. The second-order valence-electron chi connectivity index (χ2n) is 6.87. The number of anilines is 1. The highest BCUT2D eigenvalue weighted by molar-refractivity contribution is 6.31. The number of aryl methyl sites for hydroxylation is 1. The molecule has 2 aromatic heterocycles. The highest BCUT2D eigenvalue weighted by Gasteiger charge is 2.23.